The fraction of sp³-hybridized carbons (Fsp3) is 0.625. The normalized spacial score (nSPS) is 27.5. The molecule has 1 saturated carbocycles. The molecule has 1 aliphatic rings. The van der Waals surface area contributed by atoms with Gasteiger partial charge >= 0.3 is 0 Å². The smallest absolute Gasteiger partial charge is 0.00117 e. The van der Waals surface area contributed by atoms with Gasteiger partial charge in [0.15, 0.2) is 0 Å². The van der Waals surface area contributed by atoms with Crippen LogP contribution in [0, 0.1) is 18.8 Å². The lowest BCUT2D eigenvalue weighted by Gasteiger charge is -2.15. The molecule has 1 fully saturated rings. The molecule has 1 heteroatoms. The van der Waals surface area contributed by atoms with Crippen LogP contribution in [0.2, 0.25) is 0 Å². The van der Waals surface area contributed by atoms with Gasteiger partial charge in [0.2, 0.25) is 0 Å². The fourth-order valence-electron chi connectivity index (χ4n) is 2.84. The Kier molecular flexibility index (Phi) is 3.58. The van der Waals surface area contributed by atoms with E-state index in [0.717, 1.165) is 18.4 Å². The largest absolute Gasteiger partial charge is 0.316 e. The number of rotatable bonds is 5. The summed E-state index contributed by atoms with van der Waals surface area (Å²) in [5.41, 5.74) is 3.42. The summed E-state index contributed by atoms with van der Waals surface area (Å²) in [5.74, 6) is 1.57. The van der Waals surface area contributed by atoms with Gasteiger partial charge in [-0.2, -0.15) is 0 Å². The summed E-state index contributed by atoms with van der Waals surface area (Å²) in [6, 6.07) is 8.84. The second-order valence-corrected chi connectivity index (χ2v) is 6.19. The second-order valence-electron chi connectivity index (χ2n) is 6.19. The van der Waals surface area contributed by atoms with Gasteiger partial charge in [-0.25, -0.2) is 0 Å². The number of nitrogens with one attached hydrogen (secondary N) is 1. The molecule has 17 heavy (non-hydrogen) atoms. The third kappa shape index (κ3) is 2.71. The first-order valence-corrected chi connectivity index (χ1v) is 6.81. The van der Waals surface area contributed by atoms with E-state index in [1.54, 1.807) is 5.56 Å². The minimum atomic E-state index is 0.426. The third-order valence-corrected chi connectivity index (χ3v) is 4.12. The van der Waals surface area contributed by atoms with Gasteiger partial charge in [0.1, 0.15) is 0 Å². The molecule has 0 aliphatic heterocycles. The van der Waals surface area contributed by atoms with Gasteiger partial charge in [0.25, 0.3) is 0 Å². The molecule has 0 amide bonds. The average Bonchev–Trinajstić information content (AvgIpc) is 2.91. The Morgan fingerprint density at radius 2 is 2.06 bits per heavy atom. The summed E-state index contributed by atoms with van der Waals surface area (Å²) in [6.07, 6.45) is 1.34. The molecule has 0 spiro atoms. The maximum Gasteiger partial charge on any atom is -0.00117 e. The minimum Gasteiger partial charge on any atom is -0.316 e. The van der Waals surface area contributed by atoms with E-state index in [-0.39, 0.29) is 0 Å². The Hall–Kier alpha value is -0.820. The van der Waals surface area contributed by atoms with Crippen LogP contribution in [0.1, 0.15) is 38.3 Å². The first-order chi connectivity index (χ1) is 8.04. The van der Waals surface area contributed by atoms with Gasteiger partial charge in [-0.1, -0.05) is 45.0 Å². The zero-order chi connectivity index (χ0) is 12.5. The molecule has 0 saturated heterocycles. The van der Waals surface area contributed by atoms with Crippen LogP contribution in [0.15, 0.2) is 24.3 Å². The Balaban J connectivity index is 1.93. The molecule has 1 aromatic carbocycles. The van der Waals surface area contributed by atoms with E-state index in [0.29, 0.717) is 5.41 Å². The first-order valence-electron chi connectivity index (χ1n) is 6.81. The zero-order valence-corrected chi connectivity index (χ0v) is 11.6. The molecule has 1 nitrogen and oxygen atoms in total. The van der Waals surface area contributed by atoms with Crippen LogP contribution in [0.5, 0.6) is 0 Å². The van der Waals surface area contributed by atoms with Crippen LogP contribution >= 0.6 is 0 Å². The van der Waals surface area contributed by atoms with Gasteiger partial charge in [-0.15, -0.1) is 0 Å². The zero-order valence-electron chi connectivity index (χ0n) is 11.6. The Morgan fingerprint density at radius 1 is 1.35 bits per heavy atom. The van der Waals surface area contributed by atoms with Crippen molar-refractivity contribution < 1.29 is 0 Å². The predicted octanol–water partition coefficient (Wildman–Crippen LogP) is 3.52. The summed E-state index contributed by atoms with van der Waals surface area (Å²) in [4.78, 5) is 0. The van der Waals surface area contributed by atoms with Gasteiger partial charge in [-0.05, 0) is 54.8 Å². The summed E-state index contributed by atoms with van der Waals surface area (Å²) in [7, 11) is 0. The number of benzene rings is 1. The highest BCUT2D eigenvalue weighted by Crippen LogP contribution is 2.54. The van der Waals surface area contributed by atoms with Crippen molar-refractivity contribution in [2.75, 3.05) is 13.1 Å². The quantitative estimate of drug-likeness (QED) is 0.817. The highest BCUT2D eigenvalue weighted by Gasteiger charge is 2.50. The van der Waals surface area contributed by atoms with E-state index in [4.69, 9.17) is 0 Å². The van der Waals surface area contributed by atoms with Crippen molar-refractivity contribution >= 4 is 0 Å². The Labute approximate surface area is 106 Å². The SMILES string of the molecule is Cc1ccccc1C1(C)CC1CNCC(C)C. The van der Waals surface area contributed by atoms with E-state index in [2.05, 4.69) is 57.3 Å². The molecule has 0 heterocycles. The van der Waals surface area contributed by atoms with Gasteiger partial charge in [0.05, 0.1) is 0 Å². The van der Waals surface area contributed by atoms with Crippen molar-refractivity contribution in [3.8, 4) is 0 Å². The van der Waals surface area contributed by atoms with Crippen LogP contribution in [-0.4, -0.2) is 13.1 Å². The Morgan fingerprint density at radius 3 is 2.71 bits per heavy atom. The summed E-state index contributed by atoms with van der Waals surface area (Å²) < 4.78 is 0. The molecule has 0 aromatic heterocycles. The molecule has 2 unspecified atom stereocenters. The van der Waals surface area contributed by atoms with Crippen LogP contribution in [0.4, 0.5) is 0 Å². The highest BCUT2D eigenvalue weighted by atomic mass is 14.9. The topological polar surface area (TPSA) is 12.0 Å². The Bertz CT molecular complexity index is 383. The molecule has 94 valence electrons. The molecule has 1 N–H and O–H groups in total. The van der Waals surface area contributed by atoms with Crippen LogP contribution < -0.4 is 5.32 Å². The third-order valence-electron chi connectivity index (χ3n) is 4.12. The predicted molar refractivity (Wildman–Crippen MR) is 74.3 cm³/mol. The van der Waals surface area contributed by atoms with Crippen molar-refractivity contribution in [2.45, 2.75) is 39.5 Å². The van der Waals surface area contributed by atoms with Crippen LogP contribution in [-0.2, 0) is 5.41 Å². The van der Waals surface area contributed by atoms with Crippen molar-refractivity contribution in [1.29, 1.82) is 0 Å². The van der Waals surface area contributed by atoms with E-state index < -0.39 is 0 Å². The maximum absolute atomic E-state index is 3.59. The van der Waals surface area contributed by atoms with E-state index in [9.17, 15) is 0 Å². The molecule has 0 radical (unpaired) electrons. The lowest BCUT2D eigenvalue weighted by Crippen LogP contribution is -2.24. The number of hydrogen-bond donors (Lipinski definition) is 1. The van der Waals surface area contributed by atoms with Crippen LogP contribution in [0.3, 0.4) is 0 Å². The van der Waals surface area contributed by atoms with Crippen molar-refractivity contribution in [1.82, 2.24) is 5.32 Å². The molecule has 2 rings (SSSR count). The van der Waals surface area contributed by atoms with E-state index in [1.807, 2.05) is 0 Å². The van der Waals surface area contributed by atoms with E-state index in [1.165, 1.54) is 18.5 Å². The lowest BCUT2D eigenvalue weighted by atomic mass is 9.91. The standard InChI is InChI=1S/C16H25N/c1-12(2)10-17-11-14-9-16(14,4)15-8-6-5-7-13(15)3/h5-8,12,14,17H,9-11H2,1-4H3. The van der Waals surface area contributed by atoms with Gasteiger partial charge in [-0.3, -0.25) is 0 Å². The molecule has 1 aliphatic carbocycles. The number of aryl methyl sites for hydroxylation is 1. The first kappa shape index (κ1) is 12.6. The second kappa shape index (κ2) is 4.81. The molecular formula is C16H25N. The number of hydrogen-bond acceptors (Lipinski definition) is 1. The van der Waals surface area contributed by atoms with Gasteiger partial charge in [0, 0.05) is 0 Å². The van der Waals surface area contributed by atoms with Crippen molar-refractivity contribution in [3.05, 3.63) is 35.4 Å². The lowest BCUT2D eigenvalue weighted by molar-refractivity contribution is 0.515. The molecule has 1 aromatic rings. The average molecular weight is 231 g/mol. The summed E-state index contributed by atoms with van der Waals surface area (Å²) in [5, 5.41) is 3.59. The van der Waals surface area contributed by atoms with E-state index >= 15 is 0 Å². The molecular weight excluding hydrogens is 206 g/mol. The maximum atomic E-state index is 3.59. The molecule has 2 atom stereocenters. The van der Waals surface area contributed by atoms with Crippen LogP contribution in [0.25, 0.3) is 0 Å². The molecule has 0 bridgehead atoms. The minimum absolute atomic E-state index is 0.426. The van der Waals surface area contributed by atoms with Crippen molar-refractivity contribution in [3.63, 3.8) is 0 Å². The summed E-state index contributed by atoms with van der Waals surface area (Å²) >= 11 is 0. The highest BCUT2D eigenvalue weighted by molar-refractivity contribution is 5.38. The van der Waals surface area contributed by atoms with Gasteiger partial charge < -0.3 is 5.32 Å². The summed E-state index contributed by atoms with van der Waals surface area (Å²) in [6.45, 7) is 11.5. The fourth-order valence-corrected chi connectivity index (χ4v) is 2.84. The van der Waals surface area contributed by atoms with Crippen molar-refractivity contribution in [2.24, 2.45) is 11.8 Å². The monoisotopic (exact) mass is 231 g/mol.